The lowest BCUT2D eigenvalue weighted by Crippen LogP contribution is -2.29. The molecular weight excluding hydrogens is 234 g/mol. The third-order valence-electron chi connectivity index (χ3n) is 4.50. The normalized spacial score (nSPS) is 27.3. The second-order valence-corrected chi connectivity index (χ2v) is 6.10. The summed E-state index contributed by atoms with van der Waals surface area (Å²) >= 11 is 0. The molecule has 1 aliphatic rings. The minimum atomic E-state index is 0.392. The maximum absolute atomic E-state index is 6.35. The molecule has 106 valence electrons. The van der Waals surface area contributed by atoms with Crippen molar-refractivity contribution in [1.29, 1.82) is 0 Å². The van der Waals surface area contributed by atoms with Gasteiger partial charge >= 0.3 is 0 Å². The number of aryl methyl sites for hydroxylation is 1. The quantitative estimate of drug-likeness (QED) is 0.887. The Bertz CT molecular complexity index is 416. The molecule has 1 aliphatic carbocycles. The van der Waals surface area contributed by atoms with Gasteiger partial charge in [0.15, 0.2) is 0 Å². The lowest BCUT2D eigenvalue weighted by atomic mass is 9.80. The average Bonchev–Trinajstić information content (AvgIpc) is 2.38. The van der Waals surface area contributed by atoms with Crippen LogP contribution in [0.25, 0.3) is 0 Å². The van der Waals surface area contributed by atoms with Gasteiger partial charge in [0, 0.05) is 12.1 Å². The number of benzene rings is 1. The van der Waals surface area contributed by atoms with E-state index in [1.807, 2.05) is 7.05 Å². The maximum Gasteiger partial charge on any atom is 0.127 e. The fraction of sp³-hybridized carbons (Fsp3) is 0.647. The van der Waals surface area contributed by atoms with Gasteiger partial charge in [-0.25, -0.2) is 0 Å². The van der Waals surface area contributed by atoms with Crippen molar-refractivity contribution in [2.24, 2.45) is 11.8 Å². The first-order chi connectivity index (χ1) is 9.11. The number of ether oxygens (including phenoxy) is 1. The molecule has 1 N–H and O–H groups in total. The molecule has 2 rings (SSSR count). The van der Waals surface area contributed by atoms with Crippen LogP contribution in [0.4, 0.5) is 0 Å². The first kappa shape index (κ1) is 14.4. The van der Waals surface area contributed by atoms with Crippen molar-refractivity contribution in [3.05, 3.63) is 29.3 Å². The average molecular weight is 261 g/mol. The Morgan fingerprint density at radius 3 is 2.68 bits per heavy atom. The van der Waals surface area contributed by atoms with E-state index in [1.54, 1.807) is 0 Å². The van der Waals surface area contributed by atoms with E-state index in [0.29, 0.717) is 6.10 Å². The van der Waals surface area contributed by atoms with Crippen LogP contribution in [0.5, 0.6) is 5.75 Å². The van der Waals surface area contributed by atoms with Crippen LogP contribution in [-0.2, 0) is 6.54 Å². The monoisotopic (exact) mass is 261 g/mol. The molecule has 1 aromatic carbocycles. The molecule has 3 atom stereocenters. The highest BCUT2D eigenvalue weighted by Gasteiger charge is 2.26. The Hall–Kier alpha value is -1.02. The highest BCUT2D eigenvalue weighted by atomic mass is 16.5. The molecule has 0 heterocycles. The van der Waals surface area contributed by atoms with Gasteiger partial charge in [-0.15, -0.1) is 0 Å². The van der Waals surface area contributed by atoms with Gasteiger partial charge in [-0.05, 0) is 50.6 Å². The van der Waals surface area contributed by atoms with Crippen molar-refractivity contribution in [2.45, 2.75) is 52.7 Å². The Kier molecular flexibility index (Phi) is 4.87. The Balaban J connectivity index is 2.10. The lowest BCUT2D eigenvalue weighted by Gasteiger charge is -2.33. The molecule has 1 aromatic rings. The molecule has 0 aromatic heterocycles. The smallest absolute Gasteiger partial charge is 0.127 e. The molecule has 1 saturated carbocycles. The van der Waals surface area contributed by atoms with E-state index in [9.17, 15) is 0 Å². The van der Waals surface area contributed by atoms with Gasteiger partial charge in [0.1, 0.15) is 5.75 Å². The minimum absolute atomic E-state index is 0.392. The predicted octanol–water partition coefficient (Wildman–Crippen LogP) is 3.92. The van der Waals surface area contributed by atoms with Gasteiger partial charge in [0.25, 0.3) is 0 Å². The van der Waals surface area contributed by atoms with Crippen molar-refractivity contribution >= 4 is 0 Å². The van der Waals surface area contributed by atoms with Crippen LogP contribution in [0, 0.1) is 18.8 Å². The van der Waals surface area contributed by atoms with Crippen LogP contribution in [0.15, 0.2) is 18.2 Å². The summed E-state index contributed by atoms with van der Waals surface area (Å²) in [6.07, 6.45) is 4.06. The molecular formula is C17H27NO. The van der Waals surface area contributed by atoms with Crippen molar-refractivity contribution in [3.63, 3.8) is 0 Å². The molecule has 0 saturated heterocycles. The summed E-state index contributed by atoms with van der Waals surface area (Å²) in [5, 5.41) is 3.22. The van der Waals surface area contributed by atoms with E-state index in [-0.39, 0.29) is 0 Å². The Labute approximate surface area is 117 Å². The summed E-state index contributed by atoms with van der Waals surface area (Å²) in [7, 11) is 1.98. The predicted molar refractivity (Wildman–Crippen MR) is 80.5 cm³/mol. The van der Waals surface area contributed by atoms with Gasteiger partial charge in [0.05, 0.1) is 6.10 Å². The Morgan fingerprint density at radius 1 is 1.21 bits per heavy atom. The molecule has 2 nitrogen and oxygen atoms in total. The second-order valence-electron chi connectivity index (χ2n) is 6.10. The molecule has 2 heteroatoms. The van der Waals surface area contributed by atoms with E-state index in [2.05, 4.69) is 44.3 Å². The lowest BCUT2D eigenvalue weighted by molar-refractivity contribution is 0.0989. The van der Waals surface area contributed by atoms with Crippen LogP contribution in [0.3, 0.4) is 0 Å². The molecule has 0 aliphatic heterocycles. The van der Waals surface area contributed by atoms with Crippen molar-refractivity contribution in [2.75, 3.05) is 7.05 Å². The van der Waals surface area contributed by atoms with Crippen LogP contribution in [0.2, 0.25) is 0 Å². The molecule has 0 spiro atoms. The fourth-order valence-electron chi connectivity index (χ4n) is 2.98. The summed E-state index contributed by atoms with van der Waals surface area (Å²) in [5.41, 5.74) is 2.52. The molecule has 1 fully saturated rings. The van der Waals surface area contributed by atoms with E-state index in [1.165, 1.54) is 30.4 Å². The summed E-state index contributed by atoms with van der Waals surface area (Å²) in [6.45, 7) is 7.73. The first-order valence-electron chi connectivity index (χ1n) is 7.51. The number of rotatable bonds is 4. The zero-order valence-electron chi connectivity index (χ0n) is 12.7. The zero-order chi connectivity index (χ0) is 13.8. The maximum atomic E-state index is 6.35. The summed E-state index contributed by atoms with van der Waals surface area (Å²) in [4.78, 5) is 0. The van der Waals surface area contributed by atoms with E-state index >= 15 is 0 Å². The summed E-state index contributed by atoms with van der Waals surface area (Å²) in [5.74, 6) is 2.72. The van der Waals surface area contributed by atoms with Gasteiger partial charge in [-0.2, -0.15) is 0 Å². The number of para-hydroxylation sites is 1. The molecule has 0 radical (unpaired) electrons. The van der Waals surface area contributed by atoms with Crippen molar-refractivity contribution in [1.82, 2.24) is 5.32 Å². The van der Waals surface area contributed by atoms with Gasteiger partial charge in [-0.3, -0.25) is 0 Å². The highest BCUT2D eigenvalue weighted by Crippen LogP contribution is 2.33. The van der Waals surface area contributed by atoms with E-state index in [4.69, 9.17) is 4.74 Å². The second kappa shape index (κ2) is 6.42. The highest BCUT2D eigenvalue weighted by molar-refractivity contribution is 5.40. The summed E-state index contributed by atoms with van der Waals surface area (Å²) in [6, 6.07) is 6.41. The van der Waals surface area contributed by atoms with Crippen LogP contribution < -0.4 is 10.1 Å². The van der Waals surface area contributed by atoms with Crippen molar-refractivity contribution < 1.29 is 4.74 Å². The van der Waals surface area contributed by atoms with E-state index < -0.39 is 0 Å². The number of nitrogens with one attached hydrogen (secondary N) is 1. The zero-order valence-corrected chi connectivity index (χ0v) is 12.7. The third-order valence-corrected chi connectivity index (χ3v) is 4.50. The van der Waals surface area contributed by atoms with Crippen molar-refractivity contribution in [3.8, 4) is 5.75 Å². The van der Waals surface area contributed by atoms with E-state index in [0.717, 1.165) is 24.1 Å². The largest absolute Gasteiger partial charge is 0.490 e. The van der Waals surface area contributed by atoms with Crippen LogP contribution in [0.1, 0.15) is 44.2 Å². The summed E-state index contributed by atoms with van der Waals surface area (Å²) < 4.78 is 6.35. The SMILES string of the molecule is CNCc1cccc(C)c1OC1CCC(C)C(C)C1. The Morgan fingerprint density at radius 2 is 2.00 bits per heavy atom. The number of hydrogen-bond acceptors (Lipinski definition) is 2. The van der Waals surface area contributed by atoms with Gasteiger partial charge in [-0.1, -0.05) is 32.0 Å². The topological polar surface area (TPSA) is 21.3 Å². The van der Waals surface area contributed by atoms with Crippen LogP contribution in [-0.4, -0.2) is 13.2 Å². The molecule has 0 bridgehead atoms. The molecule has 19 heavy (non-hydrogen) atoms. The molecule has 3 unspecified atom stereocenters. The standard InChI is InChI=1S/C17H27NO/c1-12-8-9-16(10-14(12)3)19-17-13(2)6-5-7-15(17)11-18-4/h5-7,12,14,16,18H,8-11H2,1-4H3. The van der Waals surface area contributed by atoms with Gasteiger partial charge in [0.2, 0.25) is 0 Å². The third kappa shape index (κ3) is 3.50. The van der Waals surface area contributed by atoms with Crippen LogP contribution >= 0.6 is 0 Å². The minimum Gasteiger partial charge on any atom is -0.490 e. The first-order valence-corrected chi connectivity index (χ1v) is 7.51. The molecule has 0 amide bonds. The number of hydrogen-bond donors (Lipinski definition) is 1. The fourth-order valence-corrected chi connectivity index (χ4v) is 2.98. The van der Waals surface area contributed by atoms with Gasteiger partial charge < -0.3 is 10.1 Å².